The Morgan fingerprint density at radius 1 is 1.04 bits per heavy atom. The second kappa shape index (κ2) is 8.41. The molecule has 130 valence electrons. The number of hydrogen-bond donors (Lipinski definition) is 1. The highest BCUT2D eigenvalue weighted by atomic mass is 32.2. The van der Waals surface area contributed by atoms with Gasteiger partial charge in [0.15, 0.2) is 0 Å². The monoisotopic (exact) mass is 367 g/mol. The van der Waals surface area contributed by atoms with Gasteiger partial charge >= 0.3 is 0 Å². The average molecular weight is 367 g/mol. The zero-order chi connectivity index (χ0) is 17.6. The molecule has 0 aliphatic heterocycles. The van der Waals surface area contributed by atoms with E-state index in [4.69, 9.17) is 9.47 Å². The predicted molar refractivity (Wildman–Crippen MR) is 96.5 cm³/mol. The van der Waals surface area contributed by atoms with Crippen molar-refractivity contribution in [2.75, 3.05) is 20.0 Å². The summed E-state index contributed by atoms with van der Waals surface area (Å²) in [5, 5.41) is 0. The molecule has 0 unspecified atom stereocenters. The van der Waals surface area contributed by atoms with E-state index in [-0.39, 0.29) is 17.5 Å². The Hall–Kier alpha value is -1.70. The molecule has 0 heterocycles. The highest BCUT2D eigenvalue weighted by Crippen LogP contribution is 2.19. The molecule has 2 aromatic rings. The van der Waals surface area contributed by atoms with E-state index >= 15 is 0 Å². The summed E-state index contributed by atoms with van der Waals surface area (Å²) in [7, 11) is -1.96. The van der Waals surface area contributed by atoms with Crippen molar-refractivity contribution >= 4 is 21.8 Å². The van der Waals surface area contributed by atoms with Gasteiger partial charge in [-0.05, 0) is 61.7 Å². The lowest BCUT2D eigenvalue weighted by Crippen LogP contribution is -2.36. The van der Waals surface area contributed by atoms with Gasteiger partial charge in [-0.1, -0.05) is 0 Å². The molecule has 1 atom stereocenters. The molecule has 0 bridgehead atoms. The van der Waals surface area contributed by atoms with Gasteiger partial charge in [-0.2, -0.15) is 0 Å². The second-order valence-corrected chi connectivity index (χ2v) is 7.78. The van der Waals surface area contributed by atoms with Gasteiger partial charge < -0.3 is 9.47 Å². The molecular formula is C17H21NO4S2. The van der Waals surface area contributed by atoms with Gasteiger partial charge in [0.05, 0.1) is 18.0 Å². The first kappa shape index (κ1) is 18.6. The Morgan fingerprint density at radius 3 is 2.17 bits per heavy atom. The van der Waals surface area contributed by atoms with Gasteiger partial charge in [-0.3, -0.25) is 0 Å². The second-order valence-electron chi connectivity index (χ2n) is 5.18. The normalized spacial score (nSPS) is 12.6. The Labute approximate surface area is 147 Å². The number of benzene rings is 2. The van der Waals surface area contributed by atoms with Crippen molar-refractivity contribution in [3.05, 3.63) is 48.5 Å². The number of rotatable bonds is 8. The van der Waals surface area contributed by atoms with Crippen LogP contribution in [0.2, 0.25) is 0 Å². The minimum atomic E-state index is -3.56. The summed E-state index contributed by atoms with van der Waals surface area (Å²) in [6, 6.07) is 13.6. The summed E-state index contributed by atoms with van der Waals surface area (Å²) in [5.41, 5.74) is 0. The molecule has 7 heteroatoms. The SMILES string of the molecule is COc1ccc(OC[C@H](C)NS(=O)(=O)c2ccc(SC)cc2)cc1. The molecule has 0 spiro atoms. The number of thioether (sulfide) groups is 1. The molecule has 2 rings (SSSR count). The zero-order valence-corrected chi connectivity index (χ0v) is 15.5. The highest BCUT2D eigenvalue weighted by molar-refractivity contribution is 7.98. The van der Waals surface area contributed by atoms with Gasteiger partial charge in [-0.25, -0.2) is 13.1 Å². The van der Waals surface area contributed by atoms with Gasteiger partial charge in [0.25, 0.3) is 0 Å². The van der Waals surface area contributed by atoms with Crippen LogP contribution in [0.5, 0.6) is 11.5 Å². The molecule has 0 radical (unpaired) electrons. The largest absolute Gasteiger partial charge is 0.497 e. The van der Waals surface area contributed by atoms with Crippen LogP contribution >= 0.6 is 11.8 Å². The van der Waals surface area contributed by atoms with Crippen molar-refractivity contribution in [1.29, 1.82) is 0 Å². The van der Waals surface area contributed by atoms with E-state index in [0.717, 1.165) is 10.6 Å². The summed E-state index contributed by atoms with van der Waals surface area (Å²) in [5.74, 6) is 1.40. The lowest BCUT2D eigenvalue weighted by Gasteiger charge is -2.15. The number of nitrogens with one attached hydrogen (secondary N) is 1. The van der Waals surface area contributed by atoms with Gasteiger partial charge in [0.1, 0.15) is 18.1 Å². The van der Waals surface area contributed by atoms with Gasteiger partial charge in [0.2, 0.25) is 10.0 Å². The number of ether oxygens (including phenoxy) is 2. The predicted octanol–water partition coefficient (Wildman–Crippen LogP) is 3.16. The first-order valence-corrected chi connectivity index (χ1v) is 10.1. The molecule has 0 aliphatic rings. The molecule has 0 saturated heterocycles. The summed E-state index contributed by atoms with van der Waals surface area (Å²) < 4.78 is 38.0. The van der Waals surface area contributed by atoms with Crippen LogP contribution in [0.25, 0.3) is 0 Å². The van der Waals surface area contributed by atoms with Gasteiger partial charge in [0, 0.05) is 4.90 Å². The fraction of sp³-hybridized carbons (Fsp3) is 0.294. The third kappa shape index (κ3) is 5.15. The first-order chi connectivity index (χ1) is 11.4. The molecule has 0 amide bonds. The Balaban J connectivity index is 1.93. The van der Waals surface area contributed by atoms with Crippen molar-refractivity contribution in [2.45, 2.75) is 22.8 Å². The highest BCUT2D eigenvalue weighted by Gasteiger charge is 2.17. The van der Waals surface area contributed by atoms with Crippen molar-refractivity contribution in [1.82, 2.24) is 4.72 Å². The third-order valence-corrected chi connectivity index (χ3v) is 5.63. The number of hydrogen-bond acceptors (Lipinski definition) is 5. The summed E-state index contributed by atoms with van der Waals surface area (Å²) in [6.45, 7) is 1.99. The molecule has 2 aromatic carbocycles. The maximum atomic E-state index is 12.3. The zero-order valence-electron chi connectivity index (χ0n) is 13.9. The van der Waals surface area contributed by atoms with Gasteiger partial charge in [-0.15, -0.1) is 11.8 Å². The minimum Gasteiger partial charge on any atom is -0.497 e. The Morgan fingerprint density at radius 2 is 1.62 bits per heavy atom. The molecular weight excluding hydrogens is 346 g/mol. The van der Waals surface area contributed by atoms with E-state index in [1.807, 2.05) is 6.26 Å². The smallest absolute Gasteiger partial charge is 0.240 e. The van der Waals surface area contributed by atoms with E-state index in [1.165, 1.54) is 0 Å². The van der Waals surface area contributed by atoms with Crippen LogP contribution in [-0.2, 0) is 10.0 Å². The first-order valence-electron chi connectivity index (χ1n) is 7.38. The standard InChI is InChI=1S/C17H21NO4S2/c1-13(12-22-15-6-4-14(21-2)5-7-15)18-24(19,20)17-10-8-16(23-3)9-11-17/h4-11,13,18H,12H2,1-3H3/t13-/m0/s1. The van der Waals surface area contributed by atoms with Crippen LogP contribution in [0.4, 0.5) is 0 Å². The van der Waals surface area contributed by atoms with Crippen molar-refractivity contribution in [3.63, 3.8) is 0 Å². The lowest BCUT2D eigenvalue weighted by molar-refractivity contribution is 0.287. The van der Waals surface area contributed by atoms with E-state index in [2.05, 4.69) is 4.72 Å². The van der Waals surface area contributed by atoms with E-state index in [9.17, 15) is 8.42 Å². The quantitative estimate of drug-likeness (QED) is 0.726. The van der Waals surface area contributed by atoms with Crippen molar-refractivity contribution < 1.29 is 17.9 Å². The molecule has 24 heavy (non-hydrogen) atoms. The third-order valence-electron chi connectivity index (χ3n) is 3.29. The summed E-state index contributed by atoms with van der Waals surface area (Å²) >= 11 is 1.57. The van der Waals surface area contributed by atoms with E-state index in [1.54, 1.807) is 74.3 Å². The summed E-state index contributed by atoms with van der Waals surface area (Å²) in [6.07, 6.45) is 1.94. The maximum absolute atomic E-state index is 12.3. The Bertz CT molecular complexity index is 743. The van der Waals surface area contributed by atoms with E-state index in [0.29, 0.717) is 5.75 Å². The maximum Gasteiger partial charge on any atom is 0.240 e. The van der Waals surface area contributed by atoms with Crippen LogP contribution < -0.4 is 14.2 Å². The minimum absolute atomic E-state index is 0.231. The average Bonchev–Trinajstić information content (AvgIpc) is 2.60. The van der Waals surface area contributed by atoms with Crippen LogP contribution in [0, 0.1) is 0 Å². The molecule has 0 saturated carbocycles. The lowest BCUT2D eigenvalue weighted by atomic mass is 10.3. The summed E-state index contributed by atoms with van der Waals surface area (Å²) in [4.78, 5) is 1.27. The number of methoxy groups -OCH3 is 1. The molecule has 5 nitrogen and oxygen atoms in total. The fourth-order valence-corrected chi connectivity index (χ4v) is 3.65. The van der Waals surface area contributed by atoms with E-state index < -0.39 is 10.0 Å². The topological polar surface area (TPSA) is 64.6 Å². The van der Waals surface area contributed by atoms with Crippen molar-refractivity contribution in [3.8, 4) is 11.5 Å². The van der Waals surface area contributed by atoms with Crippen LogP contribution in [0.1, 0.15) is 6.92 Å². The fourth-order valence-electron chi connectivity index (χ4n) is 2.01. The van der Waals surface area contributed by atoms with Crippen LogP contribution in [0.3, 0.4) is 0 Å². The Kier molecular flexibility index (Phi) is 6.53. The molecule has 0 aliphatic carbocycles. The van der Waals surface area contributed by atoms with Crippen molar-refractivity contribution in [2.24, 2.45) is 0 Å². The van der Waals surface area contributed by atoms with Crippen LogP contribution in [0.15, 0.2) is 58.3 Å². The molecule has 1 N–H and O–H groups in total. The number of sulfonamides is 1. The molecule has 0 aromatic heterocycles. The molecule has 0 fully saturated rings. The van der Waals surface area contributed by atoms with Crippen LogP contribution in [-0.4, -0.2) is 34.4 Å².